The van der Waals surface area contributed by atoms with Crippen molar-refractivity contribution in [2.75, 3.05) is 0 Å². The maximum absolute atomic E-state index is 13.5. The van der Waals surface area contributed by atoms with Crippen LogP contribution in [0.2, 0.25) is 0 Å². The van der Waals surface area contributed by atoms with Crippen LogP contribution in [0, 0.1) is 11.6 Å². The lowest BCUT2D eigenvalue weighted by Gasteiger charge is -2.14. The van der Waals surface area contributed by atoms with Gasteiger partial charge in [-0.25, -0.2) is 8.78 Å². The Hall–Kier alpha value is -1.82. The predicted octanol–water partition coefficient (Wildman–Crippen LogP) is 2.35. The van der Waals surface area contributed by atoms with Gasteiger partial charge in [0.15, 0.2) is 0 Å². The molecule has 0 radical (unpaired) electrons. The van der Waals surface area contributed by atoms with E-state index >= 15 is 0 Å². The van der Waals surface area contributed by atoms with Crippen molar-refractivity contribution in [3.05, 3.63) is 47.0 Å². The van der Waals surface area contributed by atoms with Gasteiger partial charge in [-0.3, -0.25) is 0 Å². The second-order valence-electron chi connectivity index (χ2n) is 5.07. The van der Waals surface area contributed by atoms with Crippen LogP contribution in [0.15, 0.2) is 18.2 Å². The summed E-state index contributed by atoms with van der Waals surface area (Å²) >= 11 is 0. The third kappa shape index (κ3) is 2.43. The van der Waals surface area contributed by atoms with E-state index in [-0.39, 0.29) is 12.6 Å². The molecule has 1 N–H and O–H groups in total. The Labute approximate surface area is 115 Å². The first kappa shape index (κ1) is 13.2. The van der Waals surface area contributed by atoms with Gasteiger partial charge in [-0.1, -0.05) is 0 Å². The van der Waals surface area contributed by atoms with Crippen LogP contribution in [0.25, 0.3) is 0 Å². The lowest BCUT2D eigenvalue weighted by atomic mass is 10.2. The van der Waals surface area contributed by atoms with Crippen LogP contribution in [-0.2, 0) is 19.5 Å². The third-order valence-corrected chi connectivity index (χ3v) is 3.63. The molecule has 0 aliphatic carbocycles. The molecule has 4 nitrogen and oxygen atoms in total. The molecule has 20 heavy (non-hydrogen) atoms. The molecule has 106 valence electrons. The van der Waals surface area contributed by atoms with E-state index in [4.69, 9.17) is 0 Å². The molecule has 0 bridgehead atoms. The van der Waals surface area contributed by atoms with E-state index in [1.165, 1.54) is 6.07 Å². The summed E-state index contributed by atoms with van der Waals surface area (Å²) in [7, 11) is 0. The molecule has 1 aliphatic heterocycles. The molecule has 0 amide bonds. The van der Waals surface area contributed by atoms with Gasteiger partial charge < -0.3 is 9.88 Å². The normalized spacial score (nSPS) is 15.3. The number of hydrogen-bond acceptors (Lipinski definition) is 3. The van der Waals surface area contributed by atoms with Crippen LogP contribution >= 0.6 is 0 Å². The summed E-state index contributed by atoms with van der Waals surface area (Å²) in [5, 5.41) is 11.5. The zero-order chi connectivity index (χ0) is 14.1. The lowest BCUT2D eigenvalue weighted by molar-refractivity contribution is 0.500. The van der Waals surface area contributed by atoms with Crippen LogP contribution < -0.4 is 5.32 Å². The van der Waals surface area contributed by atoms with Crippen LogP contribution in [-0.4, -0.2) is 14.8 Å². The molecule has 1 unspecified atom stereocenters. The van der Waals surface area contributed by atoms with Crippen molar-refractivity contribution in [3.8, 4) is 0 Å². The number of nitrogens with one attached hydrogen (secondary N) is 1. The minimum Gasteiger partial charge on any atom is -0.314 e. The number of benzene rings is 1. The highest BCUT2D eigenvalue weighted by atomic mass is 19.1. The maximum Gasteiger partial charge on any atom is 0.149 e. The molecule has 6 heteroatoms. The Balaban J connectivity index is 1.70. The van der Waals surface area contributed by atoms with Crippen molar-refractivity contribution < 1.29 is 8.78 Å². The Morgan fingerprint density at radius 2 is 2.20 bits per heavy atom. The van der Waals surface area contributed by atoms with E-state index in [1.54, 1.807) is 0 Å². The summed E-state index contributed by atoms with van der Waals surface area (Å²) < 4.78 is 28.7. The molecule has 2 aromatic rings. The van der Waals surface area contributed by atoms with Gasteiger partial charge in [-0.05, 0) is 31.5 Å². The van der Waals surface area contributed by atoms with Crippen molar-refractivity contribution in [1.29, 1.82) is 0 Å². The number of aryl methyl sites for hydroxylation is 1. The van der Waals surface area contributed by atoms with Crippen molar-refractivity contribution in [2.45, 2.75) is 38.9 Å². The van der Waals surface area contributed by atoms with Crippen LogP contribution in [0.5, 0.6) is 0 Å². The number of rotatable bonds is 4. The third-order valence-electron chi connectivity index (χ3n) is 3.63. The number of nitrogens with zero attached hydrogens (tertiary/aromatic N) is 3. The molecule has 0 fully saturated rings. The summed E-state index contributed by atoms with van der Waals surface area (Å²) in [6.45, 7) is 3.14. The standard InChI is InChI=1S/C14H16F2N4/c1-9(14-19-18-13-3-2-6-20(13)14)17-8-10-7-11(15)4-5-12(10)16/h4-5,7,9,17H,2-3,6,8H2,1H3. The maximum atomic E-state index is 13.5. The van der Waals surface area contributed by atoms with E-state index < -0.39 is 11.6 Å². The molecular formula is C14H16F2N4. The zero-order valence-electron chi connectivity index (χ0n) is 11.2. The average Bonchev–Trinajstić information content (AvgIpc) is 3.02. The van der Waals surface area contributed by atoms with Gasteiger partial charge in [0.2, 0.25) is 0 Å². The minimum atomic E-state index is -0.431. The average molecular weight is 278 g/mol. The first-order chi connectivity index (χ1) is 9.65. The van der Waals surface area contributed by atoms with Crippen LogP contribution in [0.1, 0.15) is 36.6 Å². The van der Waals surface area contributed by atoms with E-state index in [2.05, 4.69) is 20.1 Å². The minimum absolute atomic E-state index is 0.0583. The topological polar surface area (TPSA) is 42.7 Å². The van der Waals surface area contributed by atoms with Gasteiger partial charge in [0, 0.05) is 25.1 Å². The molecule has 1 aromatic carbocycles. The van der Waals surface area contributed by atoms with Gasteiger partial charge in [0.1, 0.15) is 23.3 Å². The Bertz CT molecular complexity index is 624. The summed E-state index contributed by atoms with van der Waals surface area (Å²) in [6, 6.07) is 3.42. The molecule has 0 spiro atoms. The quantitative estimate of drug-likeness (QED) is 0.933. The number of hydrogen-bond donors (Lipinski definition) is 1. The number of aromatic nitrogens is 3. The Morgan fingerprint density at radius 1 is 1.35 bits per heavy atom. The summed E-state index contributed by atoms with van der Waals surface area (Å²) in [6.07, 6.45) is 2.04. The van der Waals surface area contributed by atoms with Gasteiger partial charge >= 0.3 is 0 Å². The second-order valence-corrected chi connectivity index (χ2v) is 5.07. The smallest absolute Gasteiger partial charge is 0.149 e. The molecule has 1 aromatic heterocycles. The largest absolute Gasteiger partial charge is 0.314 e. The highest BCUT2D eigenvalue weighted by Gasteiger charge is 2.21. The second kappa shape index (κ2) is 5.28. The van der Waals surface area contributed by atoms with Crippen molar-refractivity contribution in [3.63, 3.8) is 0 Å². The Kier molecular flexibility index (Phi) is 3.48. The monoisotopic (exact) mass is 278 g/mol. The first-order valence-electron chi connectivity index (χ1n) is 6.74. The van der Waals surface area contributed by atoms with E-state index in [0.29, 0.717) is 5.56 Å². The number of fused-ring (bicyclic) bond motifs is 1. The van der Waals surface area contributed by atoms with Crippen molar-refractivity contribution in [1.82, 2.24) is 20.1 Å². The molecular weight excluding hydrogens is 262 g/mol. The lowest BCUT2D eigenvalue weighted by Crippen LogP contribution is -2.22. The van der Waals surface area contributed by atoms with E-state index in [1.807, 2.05) is 6.92 Å². The molecule has 0 saturated carbocycles. The SMILES string of the molecule is CC(NCc1cc(F)ccc1F)c1nnc2n1CCC2. The highest BCUT2D eigenvalue weighted by Crippen LogP contribution is 2.19. The van der Waals surface area contributed by atoms with Gasteiger partial charge in [0.05, 0.1) is 6.04 Å². The molecule has 3 rings (SSSR count). The fourth-order valence-corrected chi connectivity index (χ4v) is 2.53. The van der Waals surface area contributed by atoms with Gasteiger partial charge in [-0.15, -0.1) is 10.2 Å². The van der Waals surface area contributed by atoms with E-state index in [9.17, 15) is 8.78 Å². The van der Waals surface area contributed by atoms with Crippen LogP contribution in [0.3, 0.4) is 0 Å². The molecule has 1 atom stereocenters. The van der Waals surface area contributed by atoms with Gasteiger partial charge in [0.25, 0.3) is 0 Å². The molecule has 0 saturated heterocycles. The van der Waals surface area contributed by atoms with Crippen molar-refractivity contribution in [2.24, 2.45) is 0 Å². The molecule has 2 heterocycles. The first-order valence-corrected chi connectivity index (χ1v) is 6.74. The van der Waals surface area contributed by atoms with Crippen molar-refractivity contribution >= 4 is 0 Å². The van der Waals surface area contributed by atoms with Gasteiger partial charge in [-0.2, -0.15) is 0 Å². The molecule has 1 aliphatic rings. The van der Waals surface area contributed by atoms with E-state index in [0.717, 1.165) is 43.2 Å². The summed E-state index contributed by atoms with van der Waals surface area (Å²) in [4.78, 5) is 0. The predicted molar refractivity (Wildman–Crippen MR) is 70.0 cm³/mol. The number of halogens is 2. The van der Waals surface area contributed by atoms with Crippen LogP contribution in [0.4, 0.5) is 8.78 Å². The Morgan fingerprint density at radius 3 is 3.05 bits per heavy atom. The fraction of sp³-hybridized carbons (Fsp3) is 0.429. The summed E-state index contributed by atoms with van der Waals surface area (Å²) in [5.74, 6) is 1.02. The highest BCUT2D eigenvalue weighted by molar-refractivity contribution is 5.18. The summed E-state index contributed by atoms with van der Waals surface area (Å²) in [5.41, 5.74) is 0.318. The zero-order valence-corrected chi connectivity index (χ0v) is 11.2. The fourth-order valence-electron chi connectivity index (χ4n) is 2.53.